The Morgan fingerprint density at radius 2 is 1.33 bits per heavy atom. The molecule has 5 saturated heterocycles. The molecule has 0 aromatic rings. The third kappa shape index (κ3) is 7.11. The van der Waals surface area contributed by atoms with Gasteiger partial charge in [-0.25, -0.2) is 0 Å². The van der Waals surface area contributed by atoms with Crippen LogP contribution >= 0.6 is 0 Å². The van der Waals surface area contributed by atoms with Crippen molar-refractivity contribution in [3.05, 3.63) is 11.6 Å². The number of hydrogen-bond acceptors (Lipinski definition) is 15. The van der Waals surface area contributed by atoms with Gasteiger partial charge in [-0.05, 0) is 118 Å². The van der Waals surface area contributed by atoms with Gasteiger partial charge in [0.15, 0.2) is 18.9 Å². The molecule has 60 heavy (non-hydrogen) atoms. The molecule has 26 atom stereocenters. The molecular formula is C45H73NO14. The van der Waals surface area contributed by atoms with Gasteiger partial charge in [0.25, 0.3) is 0 Å². The van der Waals surface area contributed by atoms with Crippen LogP contribution in [0.3, 0.4) is 0 Å². The van der Waals surface area contributed by atoms with Crippen LogP contribution in [0.2, 0.25) is 0 Å². The minimum absolute atomic E-state index is 0.0360. The topological polar surface area (TPSA) is 220 Å². The monoisotopic (exact) mass is 852 g/mol. The highest BCUT2D eigenvalue weighted by Gasteiger charge is 2.66. The lowest BCUT2D eigenvalue weighted by atomic mass is 9.47. The van der Waals surface area contributed by atoms with Crippen LogP contribution < -0.4 is 0 Å². The van der Waals surface area contributed by atoms with Crippen molar-refractivity contribution < 1.29 is 69.3 Å². The zero-order chi connectivity index (χ0) is 42.7. The summed E-state index contributed by atoms with van der Waals surface area (Å²) in [7, 11) is 0. The smallest absolute Gasteiger partial charge is 0.187 e. The van der Waals surface area contributed by atoms with E-state index in [1.165, 1.54) is 58.1 Å². The van der Waals surface area contributed by atoms with E-state index in [0.29, 0.717) is 35.6 Å². The maximum absolute atomic E-state index is 12.0. The van der Waals surface area contributed by atoms with Crippen molar-refractivity contribution in [1.82, 2.24) is 4.90 Å². The third-order valence-corrected chi connectivity index (χ3v) is 18.0. The predicted molar refractivity (Wildman–Crippen MR) is 214 cm³/mol. The molecular weight excluding hydrogens is 778 g/mol. The van der Waals surface area contributed by atoms with Crippen LogP contribution in [-0.4, -0.2) is 169 Å². The summed E-state index contributed by atoms with van der Waals surface area (Å²) in [6, 6.07) is 1.45. The Morgan fingerprint density at radius 3 is 1.98 bits per heavy atom. The molecule has 0 radical (unpaired) electrons. The van der Waals surface area contributed by atoms with E-state index in [2.05, 4.69) is 38.7 Å². The molecule has 0 amide bonds. The fourth-order valence-corrected chi connectivity index (χ4v) is 14.7. The predicted octanol–water partition coefficient (Wildman–Crippen LogP) is 1.18. The Labute approximate surface area is 354 Å². The van der Waals surface area contributed by atoms with Crippen molar-refractivity contribution in [2.75, 3.05) is 13.2 Å². The summed E-state index contributed by atoms with van der Waals surface area (Å²) >= 11 is 0. The summed E-state index contributed by atoms with van der Waals surface area (Å²) in [6.07, 6.45) is -9.14. The summed E-state index contributed by atoms with van der Waals surface area (Å²) < 4.78 is 36.7. The summed E-state index contributed by atoms with van der Waals surface area (Å²) in [4.78, 5) is 2.95. The first-order valence-corrected chi connectivity index (χ1v) is 23.2. The first-order chi connectivity index (χ1) is 28.5. The number of fused-ring (bicyclic) bond motifs is 9. The normalized spacial score (nSPS) is 58.1. The van der Waals surface area contributed by atoms with E-state index in [1.54, 1.807) is 0 Å². The Morgan fingerprint density at radius 1 is 0.683 bits per heavy atom. The maximum atomic E-state index is 12.0. The van der Waals surface area contributed by atoms with Crippen molar-refractivity contribution in [1.29, 1.82) is 0 Å². The number of aliphatic hydroxyl groups is 8. The van der Waals surface area contributed by atoms with Gasteiger partial charge in [0.05, 0.1) is 24.9 Å². The Kier molecular flexibility index (Phi) is 12.2. The molecule has 9 rings (SSSR count). The molecule has 15 heteroatoms. The minimum Gasteiger partial charge on any atom is -0.394 e. The zero-order valence-electron chi connectivity index (χ0n) is 36.2. The van der Waals surface area contributed by atoms with Gasteiger partial charge >= 0.3 is 0 Å². The minimum atomic E-state index is -1.70. The molecule has 3 saturated carbocycles. The lowest BCUT2D eigenvalue weighted by molar-refractivity contribution is -0.388. The molecule has 9 aliphatic rings. The molecule has 342 valence electrons. The lowest BCUT2D eigenvalue weighted by Crippen LogP contribution is -2.66. The second-order valence-corrected chi connectivity index (χ2v) is 21.2. The number of piperidine rings is 1. The van der Waals surface area contributed by atoms with Crippen LogP contribution in [0.25, 0.3) is 0 Å². The van der Waals surface area contributed by atoms with Gasteiger partial charge in [-0.1, -0.05) is 39.3 Å². The quantitative estimate of drug-likeness (QED) is 0.169. The first kappa shape index (κ1) is 44.3. The highest BCUT2D eigenvalue weighted by molar-refractivity contribution is 5.27. The molecule has 5 aliphatic heterocycles. The van der Waals surface area contributed by atoms with Gasteiger partial charge in [0, 0.05) is 18.6 Å². The van der Waals surface area contributed by atoms with Crippen molar-refractivity contribution in [3.63, 3.8) is 0 Å². The van der Waals surface area contributed by atoms with E-state index in [-0.39, 0.29) is 11.5 Å². The maximum Gasteiger partial charge on any atom is 0.187 e. The number of allylic oxidation sites excluding steroid dienone is 1. The molecule has 0 aromatic heterocycles. The SMILES string of the molecule is C[C@H]1CC[C@@H]2[C@@H](C)[C@H]3[C@H](CC4C5CC=C6C[C@@H](O[C@@H]7O[C@H](CO)[C@H](O[C@@H]8O[C@@H](C)[C@H](O)[C@@H](O)[C@H]8O)[C@H](O)[C@H]7O[C@@H]7O[C@@H](C)[C@H](O)[C@@H](O)[C@H]7O)CC[C@]6(C)C5CC[C@@]43C)N2C1. The largest absolute Gasteiger partial charge is 0.394 e. The number of ether oxygens (including phenoxy) is 6. The van der Waals surface area contributed by atoms with Gasteiger partial charge in [-0.2, -0.15) is 0 Å². The fraction of sp³-hybridized carbons (Fsp3) is 0.956. The molecule has 0 spiro atoms. The molecule has 8 fully saturated rings. The van der Waals surface area contributed by atoms with Crippen molar-refractivity contribution in [3.8, 4) is 0 Å². The van der Waals surface area contributed by atoms with E-state index in [4.69, 9.17) is 28.4 Å². The van der Waals surface area contributed by atoms with Gasteiger partial charge < -0.3 is 69.3 Å². The van der Waals surface area contributed by atoms with Crippen LogP contribution in [0.15, 0.2) is 11.6 Å². The average molecular weight is 852 g/mol. The van der Waals surface area contributed by atoms with Crippen molar-refractivity contribution in [2.45, 2.75) is 210 Å². The van der Waals surface area contributed by atoms with Crippen LogP contribution in [-0.2, 0) is 28.4 Å². The summed E-state index contributed by atoms with van der Waals surface area (Å²) in [5, 5.41) is 85.9. The third-order valence-electron chi connectivity index (χ3n) is 18.0. The summed E-state index contributed by atoms with van der Waals surface area (Å²) in [5.74, 6) is 4.26. The Hall–Kier alpha value is -0.860. The van der Waals surface area contributed by atoms with Gasteiger partial charge in [0.2, 0.25) is 0 Å². The molecule has 0 aromatic carbocycles. The van der Waals surface area contributed by atoms with Crippen LogP contribution in [0, 0.1) is 46.3 Å². The number of nitrogens with zero attached hydrogens (tertiary/aromatic N) is 1. The lowest BCUT2D eigenvalue weighted by Gasteiger charge is -2.58. The molecule has 8 N–H and O–H groups in total. The van der Waals surface area contributed by atoms with E-state index in [0.717, 1.165) is 43.1 Å². The van der Waals surface area contributed by atoms with E-state index >= 15 is 0 Å². The Balaban J connectivity index is 0.927. The second kappa shape index (κ2) is 16.5. The summed E-state index contributed by atoms with van der Waals surface area (Å²) in [6.45, 7) is 13.7. The van der Waals surface area contributed by atoms with E-state index in [9.17, 15) is 40.9 Å². The molecule has 5 heterocycles. The van der Waals surface area contributed by atoms with Gasteiger partial charge in [0.1, 0.15) is 61.0 Å². The second-order valence-electron chi connectivity index (χ2n) is 21.2. The van der Waals surface area contributed by atoms with Crippen molar-refractivity contribution in [2.24, 2.45) is 46.3 Å². The highest BCUT2D eigenvalue weighted by atomic mass is 16.8. The summed E-state index contributed by atoms with van der Waals surface area (Å²) in [5.41, 5.74) is 1.80. The van der Waals surface area contributed by atoms with E-state index < -0.39 is 98.7 Å². The molecule has 3 unspecified atom stereocenters. The number of aliphatic hydroxyl groups excluding tert-OH is 8. The molecule has 4 aliphatic carbocycles. The van der Waals surface area contributed by atoms with Crippen LogP contribution in [0.5, 0.6) is 0 Å². The molecule has 0 bridgehead atoms. The average Bonchev–Trinajstić information content (AvgIpc) is 3.69. The van der Waals surface area contributed by atoms with Crippen LogP contribution in [0.4, 0.5) is 0 Å². The fourth-order valence-electron chi connectivity index (χ4n) is 14.7. The van der Waals surface area contributed by atoms with Crippen molar-refractivity contribution >= 4 is 0 Å². The van der Waals surface area contributed by atoms with Gasteiger partial charge in [-0.15, -0.1) is 0 Å². The van der Waals surface area contributed by atoms with Crippen LogP contribution in [0.1, 0.15) is 99.3 Å². The standard InChI is InChI=1S/C45H73NO14/c1-19-7-10-28-20(2)31-29(46(28)17-19)16-27-25-9-8-23-15-24(11-13-44(23,5)26(25)12-14-45(27,31)6)57-43-40(60-42-37(53)35(51)33(49)22(4)56-42)38(54)39(30(18-47)58-43)59-41-36(52)34(50)32(48)21(3)55-41/h8,19-22,24-43,47-54H,7,9-18H2,1-6H3/t19-,20+,21-,22-,24-,25?,26?,27?,28+,29-,30+,31-,32-,33-,34+,35+,36+,37+,38-,39-,40+,41-,42-,43+,44-,45-/m0/s1. The molecule has 15 nitrogen and oxygen atoms in total. The number of hydrogen-bond donors (Lipinski definition) is 8. The zero-order valence-corrected chi connectivity index (χ0v) is 36.2. The first-order valence-electron chi connectivity index (χ1n) is 23.2. The Bertz CT molecular complexity index is 1570. The number of rotatable bonds is 7. The van der Waals surface area contributed by atoms with Gasteiger partial charge in [-0.3, -0.25) is 4.90 Å². The highest BCUT2D eigenvalue weighted by Crippen LogP contribution is 2.70. The van der Waals surface area contributed by atoms with E-state index in [1.807, 2.05) is 0 Å².